The molecule has 1 aliphatic rings. The number of halogens is 2. The van der Waals surface area contributed by atoms with Crippen molar-refractivity contribution in [3.05, 3.63) is 82.6 Å². The normalized spacial score (nSPS) is 14.1. The number of carbonyl (C=O) groups is 1. The number of aromatic hydroxyl groups is 1. The molecule has 0 saturated carbocycles. The number of H-pyrrole nitrogens is 1. The minimum absolute atomic E-state index is 0.134. The Morgan fingerprint density at radius 1 is 1.03 bits per heavy atom. The maximum Gasteiger partial charge on any atom is 0.200 e. The van der Waals surface area contributed by atoms with Crippen LogP contribution in [0.25, 0.3) is 22.0 Å². The lowest BCUT2D eigenvalue weighted by Crippen LogP contribution is -2.36. The number of morpholine rings is 1. The van der Waals surface area contributed by atoms with E-state index in [1.54, 1.807) is 12.1 Å². The summed E-state index contributed by atoms with van der Waals surface area (Å²) in [5, 5.41) is 11.5. The van der Waals surface area contributed by atoms with Crippen molar-refractivity contribution in [2.45, 2.75) is 0 Å². The van der Waals surface area contributed by atoms with Crippen LogP contribution in [0.15, 0.2) is 60.7 Å². The number of hydrogen-bond donors (Lipinski definition) is 2. The van der Waals surface area contributed by atoms with Gasteiger partial charge >= 0.3 is 0 Å². The Balaban J connectivity index is 1.54. The maximum absolute atomic E-state index is 13.3. The molecule has 3 aromatic carbocycles. The van der Waals surface area contributed by atoms with Crippen molar-refractivity contribution in [2.75, 3.05) is 31.2 Å². The number of benzene rings is 3. The van der Waals surface area contributed by atoms with Gasteiger partial charge in [-0.3, -0.25) is 4.79 Å². The van der Waals surface area contributed by atoms with Crippen molar-refractivity contribution in [2.24, 2.45) is 0 Å². The molecule has 5 rings (SSSR count). The summed E-state index contributed by atoms with van der Waals surface area (Å²) >= 11 is 6.55. The van der Waals surface area contributed by atoms with Crippen molar-refractivity contribution in [3.8, 4) is 17.0 Å². The molecule has 1 aromatic heterocycles. The number of anilines is 1. The molecule has 0 radical (unpaired) electrons. The Morgan fingerprint density at radius 3 is 2.41 bits per heavy atom. The molecule has 32 heavy (non-hydrogen) atoms. The zero-order chi connectivity index (χ0) is 22.2. The van der Waals surface area contributed by atoms with E-state index in [0.717, 1.165) is 29.9 Å². The maximum atomic E-state index is 13.3. The van der Waals surface area contributed by atoms with E-state index in [0.29, 0.717) is 29.1 Å². The molecular formula is C25H20ClFN2O3. The summed E-state index contributed by atoms with van der Waals surface area (Å²) in [5.74, 6) is -1.07. The van der Waals surface area contributed by atoms with Crippen molar-refractivity contribution in [1.29, 1.82) is 0 Å². The lowest BCUT2D eigenvalue weighted by Gasteiger charge is -2.29. The summed E-state index contributed by atoms with van der Waals surface area (Å²) < 4.78 is 18.7. The average Bonchev–Trinajstić information content (AvgIpc) is 3.13. The van der Waals surface area contributed by atoms with E-state index in [9.17, 15) is 14.3 Å². The number of nitrogens with zero attached hydrogens (tertiary/aromatic N) is 1. The standard InChI is InChI=1S/C25H20ClFN2O3/c26-21-14-22-20(23(25(31)28-22)24(30)16-1-5-17(27)6-2-16)13-19(21)15-3-7-18(8-4-15)29-9-11-32-12-10-29/h1-8,13-14,28,31H,9-12H2. The summed E-state index contributed by atoms with van der Waals surface area (Å²) in [7, 11) is 0. The fraction of sp³-hybridized carbons (Fsp3) is 0.160. The van der Waals surface area contributed by atoms with Crippen LogP contribution >= 0.6 is 11.6 Å². The first-order valence-corrected chi connectivity index (χ1v) is 10.7. The van der Waals surface area contributed by atoms with Gasteiger partial charge in [0, 0.05) is 35.3 Å². The zero-order valence-electron chi connectivity index (χ0n) is 17.1. The lowest BCUT2D eigenvalue weighted by atomic mass is 9.98. The third-order valence-electron chi connectivity index (χ3n) is 5.75. The van der Waals surface area contributed by atoms with Crippen molar-refractivity contribution in [3.63, 3.8) is 0 Å². The van der Waals surface area contributed by atoms with Crippen molar-refractivity contribution < 1.29 is 19.0 Å². The molecular weight excluding hydrogens is 431 g/mol. The summed E-state index contributed by atoms with van der Waals surface area (Å²) in [4.78, 5) is 18.1. The zero-order valence-corrected chi connectivity index (χ0v) is 17.8. The fourth-order valence-electron chi connectivity index (χ4n) is 4.07. The largest absolute Gasteiger partial charge is 0.494 e. The van der Waals surface area contributed by atoms with Gasteiger partial charge in [0.05, 0.1) is 29.3 Å². The van der Waals surface area contributed by atoms with Gasteiger partial charge in [-0.05, 0) is 54.1 Å². The molecule has 0 aliphatic carbocycles. The van der Waals surface area contributed by atoms with Crippen LogP contribution in [-0.2, 0) is 4.74 Å². The third kappa shape index (κ3) is 3.72. The highest BCUT2D eigenvalue weighted by molar-refractivity contribution is 6.34. The van der Waals surface area contributed by atoms with E-state index in [1.807, 2.05) is 24.3 Å². The molecule has 162 valence electrons. The topological polar surface area (TPSA) is 65.6 Å². The number of aromatic amines is 1. The van der Waals surface area contributed by atoms with E-state index in [4.69, 9.17) is 16.3 Å². The fourth-order valence-corrected chi connectivity index (χ4v) is 4.34. The summed E-state index contributed by atoms with van der Waals surface area (Å²) in [5.41, 5.74) is 3.73. The molecule has 0 amide bonds. The number of aromatic nitrogens is 1. The lowest BCUT2D eigenvalue weighted by molar-refractivity contribution is 0.103. The smallest absolute Gasteiger partial charge is 0.200 e. The summed E-state index contributed by atoms with van der Waals surface area (Å²) in [6.07, 6.45) is 0. The average molecular weight is 451 g/mol. The molecule has 2 N–H and O–H groups in total. The van der Waals surface area contributed by atoms with Crippen LogP contribution in [0.1, 0.15) is 15.9 Å². The van der Waals surface area contributed by atoms with E-state index < -0.39 is 11.6 Å². The Kier molecular flexibility index (Phi) is 5.33. The molecule has 1 saturated heterocycles. The predicted octanol–water partition coefficient (Wildman–Crippen LogP) is 5.40. The Bertz CT molecular complexity index is 1290. The molecule has 1 fully saturated rings. The first kappa shape index (κ1) is 20.5. The highest BCUT2D eigenvalue weighted by Crippen LogP contribution is 2.37. The second-order valence-corrected chi connectivity index (χ2v) is 8.12. The van der Waals surface area contributed by atoms with E-state index >= 15 is 0 Å². The molecule has 7 heteroatoms. The van der Waals surface area contributed by atoms with Crippen LogP contribution < -0.4 is 4.90 Å². The van der Waals surface area contributed by atoms with E-state index in [1.165, 1.54) is 24.3 Å². The van der Waals surface area contributed by atoms with Crippen LogP contribution in [0.5, 0.6) is 5.88 Å². The van der Waals surface area contributed by atoms with Crippen LogP contribution in [-0.4, -0.2) is 42.2 Å². The van der Waals surface area contributed by atoms with Gasteiger partial charge in [-0.1, -0.05) is 23.7 Å². The first-order chi connectivity index (χ1) is 15.5. The van der Waals surface area contributed by atoms with Gasteiger partial charge in [0.25, 0.3) is 0 Å². The predicted molar refractivity (Wildman–Crippen MR) is 123 cm³/mol. The van der Waals surface area contributed by atoms with E-state index in [-0.39, 0.29) is 17.0 Å². The Morgan fingerprint density at radius 2 is 1.72 bits per heavy atom. The highest BCUT2D eigenvalue weighted by atomic mass is 35.5. The van der Waals surface area contributed by atoms with Crippen LogP contribution in [0.4, 0.5) is 10.1 Å². The molecule has 0 unspecified atom stereocenters. The van der Waals surface area contributed by atoms with Crippen molar-refractivity contribution >= 4 is 34.0 Å². The summed E-state index contributed by atoms with van der Waals surface area (Å²) in [6.45, 7) is 3.13. The van der Waals surface area contributed by atoms with Gasteiger partial charge in [0.1, 0.15) is 5.82 Å². The molecule has 0 spiro atoms. The number of fused-ring (bicyclic) bond motifs is 1. The monoisotopic (exact) mass is 450 g/mol. The SMILES string of the molecule is O=C(c1ccc(F)cc1)c1c(O)[nH]c2cc(Cl)c(-c3ccc(N4CCOCC4)cc3)cc12. The Labute approximate surface area is 189 Å². The second-order valence-electron chi connectivity index (χ2n) is 7.71. The quantitative estimate of drug-likeness (QED) is 0.408. The van der Waals surface area contributed by atoms with E-state index in [2.05, 4.69) is 9.88 Å². The molecule has 2 heterocycles. The number of nitrogens with one attached hydrogen (secondary N) is 1. The summed E-state index contributed by atoms with van der Waals surface area (Å²) in [6, 6.07) is 16.8. The van der Waals surface area contributed by atoms with Crippen LogP contribution in [0.3, 0.4) is 0 Å². The van der Waals surface area contributed by atoms with Gasteiger partial charge in [-0.15, -0.1) is 0 Å². The second kappa shape index (κ2) is 8.30. The molecule has 4 aromatic rings. The van der Waals surface area contributed by atoms with Gasteiger partial charge in [-0.25, -0.2) is 4.39 Å². The van der Waals surface area contributed by atoms with Gasteiger partial charge in [0.2, 0.25) is 5.88 Å². The number of hydrogen-bond acceptors (Lipinski definition) is 4. The minimum atomic E-state index is -0.431. The highest BCUT2D eigenvalue weighted by Gasteiger charge is 2.22. The molecule has 0 bridgehead atoms. The molecule has 0 atom stereocenters. The number of rotatable bonds is 4. The molecule has 1 aliphatic heterocycles. The first-order valence-electron chi connectivity index (χ1n) is 10.3. The minimum Gasteiger partial charge on any atom is -0.494 e. The number of ether oxygens (including phenoxy) is 1. The number of carbonyl (C=O) groups excluding carboxylic acids is 1. The van der Waals surface area contributed by atoms with Crippen LogP contribution in [0.2, 0.25) is 5.02 Å². The van der Waals surface area contributed by atoms with Crippen LogP contribution in [0, 0.1) is 5.82 Å². The van der Waals surface area contributed by atoms with Gasteiger partial charge in [-0.2, -0.15) is 0 Å². The number of ketones is 1. The molecule has 5 nitrogen and oxygen atoms in total. The van der Waals surface area contributed by atoms with Crippen molar-refractivity contribution in [1.82, 2.24) is 4.98 Å². The van der Waals surface area contributed by atoms with Gasteiger partial charge < -0.3 is 19.7 Å². The third-order valence-corrected chi connectivity index (χ3v) is 6.07. The van der Waals surface area contributed by atoms with Gasteiger partial charge in [0.15, 0.2) is 5.78 Å². The Hall–Kier alpha value is -3.35.